The van der Waals surface area contributed by atoms with Crippen LogP contribution in [0, 0.1) is 0 Å². The molecule has 1 aromatic carbocycles. The molecule has 1 atom stereocenters. The minimum atomic E-state index is 0.0614. The third-order valence-corrected chi connectivity index (χ3v) is 4.37. The van der Waals surface area contributed by atoms with Crippen molar-refractivity contribution in [1.82, 2.24) is 14.7 Å². The van der Waals surface area contributed by atoms with Crippen molar-refractivity contribution in [2.24, 2.45) is 4.99 Å². The molecule has 0 N–H and O–H groups in total. The molecule has 0 saturated carbocycles. The van der Waals surface area contributed by atoms with Crippen molar-refractivity contribution in [3.05, 3.63) is 71.8 Å². The topological polar surface area (TPSA) is 46.6 Å². The zero-order chi connectivity index (χ0) is 16.7. The number of aliphatic imine (C=N–C) groups is 1. The van der Waals surface area contributed by atoms with Gasteiger partial charge >= 0.3 is 0 Å². The fourth-order valence-electron chi connectivity index (χ4n) is 3.24. The summed E-state index contributed by atoms with van der Waals surface area (Å²) in [5.41, 5.74) is 2.33. The number of hydrogen-bond donors (Lipinski definition) is 0. The molecule has 0 amide bonds. The molecular weight excluding hydrogens is 300 g/mol. The molecule has 0 unspecified atom stereocenters. The number of nitrogens with zero attached hydrogens (tertiary/aromatic N) is 4. The van der Waals surface area contributed by atoms with Crippen LogP contribution in [-0.4, -0.2) is 27.6 Å². The minimum absolute atomic E-state index is 0.0614. The van der Waals surface area contributed by atoms with E-state index < -0.39 is 0 Å². The highest BCUT2D eigenvalue weighted by Crippen LogP contribution is 2.40. The van der Waals surface area contributed by atoms with E-state index in [4.69, 9.17) is 9.41 Å². The molecule has 5 nitrogen and oxygen atoms in total. The summed E-state index contributed by atoms with van der Waals surface area (Å²) >= 11 is 0. The Bertz CT molecular complexity index is 862. The van der Waals surface area contributed by atoms with Gasteiger partial charge in [0.15, 0.2) is 17.4 Å². The van der Waals surface area contributed by atoms with E-state index in [1.165, 1.54) is 5.56 Å². The Morgan fingerprint density at radius 2 is 1.88 bits per heavy atom. The van der Waals surface area contributed by atoms with Crippen molar-refractivity contribution in [3.63, 3.8) is 0 Å². The SMILES string of the molecule is CC(C)n1ncc2c1N=C(c1ccco1)N(C)[C@@H]2c1ccccc1. The Morgan fingerprint density at radius 1 is 1.08 bits per heavy atom. The maximum absolute atomic E-state index is 5.62. The van der Waals surface area contributed by atoms with Crippen molar-refractivity contribution in [2.75, 3.05) is 7.05 Å². The van der Waals surface area contributed by atoms with Crippen LogP contribution in [0.15, 0.2) is 64.3 Å². The van der Waals surface area contributed by atoms with E-state index in [1.54, 1.807) is 6.26 Å². The first-order valence-electron chi connectivity index (χ1n) is 8.14. The van der Waals surface area contributed by atoms with Gasteiger partial charge in [-0.1, -0.05) is 30.3 Å². The van der Waals surface area contributed by atoms with Crippen LogP contribution in [0.2, 0.25) is 0 Å². The summed E-state index contributed by atoms with van der Waals surface area (Å²) in [4.78, 5) is 7.03. The predicted molar refractivity (Wildman–Crippen MR) is 93.6 cm³/mol. The molecule has 24 heavy (non-hydrogen) atoms. The Hall–Kier alpha value is -2.82. The average Bonchev–Trinajstić information content (AvgIpc) is 3.24. The van der Waals surface area contributed by atoms with Crippen LogP contribution in [0.5, 0.6) is 0 Å². The quantitative estimate of drug-likeness (QED) is 0.727. The molecular formula is C19H20N4O. The van der Waals surface area contributed by atoms with Crippen molar-refractivity contribution in [3.8, 4) is 0 Å². The van der Waals surface area contributed by atoms with Gasteiger partial charge < -0.3 is 9.32 Å². The van der Waals surface area contributed by atoms with Gasteiger partial charge in [-0.15, -0.1) is 0 Å². The highest BCUT2D eigenvalue weighted by molar-refractivity contribution is 5.99. The van der Waals surface area contributed by atoms with Crippen LogP contribution in [0.3, 0.4) is 0 Å². The van der Waals surface area contributed by atoms with Crippen LogP contribution in [0.4, 0.5) is 5.82 Å². The lowest BCUT2D eigenvalue weighted by Gasteiger charge is -2.33. The maximum atomic E-state index is 5.62. The second-order valence-corrected chi connectivity index (χ2v) is 6.30. The average molecular weight is 320 g/mol. The van der Waals surface area contributed by atoms with Gasteiger partial charge in [-0.3, -0.25) is 0 Å². The Labute approximate surface area is 141 Å². The molecule has 0 saturated heterocycles. The third-order valence-electron chi connectivity index (χ3n) is 4.37. The van der Waals surface area contributed by atoms with E-state index >= 15 is 0 Å². The van der Waals surface area contributed by atoms with E-state index in [2.05, 4.69) is 55.2 Å². The van der Waals surface area contributed by atoms with Gasteiger partial charge in [-0.25, -0.2) is 9.67 Å². The largest absolute Gasteiger partial charge is 0.461 e. The monoisotopic (exact) mass is 320 g/mol. The first-order valence-corrected chi connectivity index (χ1v) is 8.14. The number of hydrogen-bond acceptors (Lipinski definition) is 4. The molecule has 3 aromatic rings. The van der Waals surface area contributed by atoms with Crippen LogP contribution >= 0.6 is 0 Å². The van der Waals surface area contributed by atoms with Gasteiger partial charge in [-0.2, -0.15) is 5.10 Å². The smallest absolute Gasteiger partial charge is 0.174 e. The van der Waals surface area contributed by atoms with Gasteiger partial charge in [-0.05, 0) is 31.5 Å². The predicted octanol–water partition coefficient (Wildman–Crippen LogP) is 4.17. The third kappa shape index (κ3) is 2.24. The van der Waals surface area contributed by atoms with E-state index in [0.29, 0.717) is 0 Å². The standard InChI is InChI=1S/C19H20N4O/c1-13(2)23-18-15(12-20-23)17(14-8-5-4-6-9-14)22(3)19(21-18)16-10-7-11-24-16/h4-13,17H,1-3H3/t17-/m1/s1. The normalized spacial score (nSPS) is 17.1. The van der Waals surface area contributed by atoms with Crippen molar-refractivity contribution < 1.29 is 4.42 Å². The molecule has 0 aliphatic carbocycles. The molecule has 0 spiro atoms. The highest BCUT2D eigenvalue weighted by atomic mass is 16.3. The van der Waals surface area contributed by atoms with Crippen molar-refractivity contribution >= 4 is 11.7 Å². The second-order valence-electron chi connectivity index (χ2n) is 6.30. The number of fused-ring (bicyclic) bond motifs is 1. The fourth-order valence-corrected chi connectivity index (χ4v) is 3.24. The molecule has 0 fully saturated rings. The van der Waals surface area contributed by atoms with Crippen LogP contribution in [0.1, 0.15) is 42.8 Å². The summed E-state index contributed by atoms with van der Waals surface area (Å²) in [7, 11) is 2.05. The summed E-state index contributed by atoms with van der Waals surface area (Å²) in [6, 6.07) is 14.6. The lowest BCUT2D eigenvalue weighted by molar-refractivity contribution is 0.406. The zero-order valence-corrected chi connectivity index (χ0v) is 14.0. The zero-order valence-electron chi connectivity index (χ0n) is 14.0. The Morgan fingerprint density at radius 3 is 2.54 bits per heavy atom. The first kappa shape index (κ1) is 14.8. The number of benzene rings is 1. The van der Waals surface area contributed by atoms with Crippen LogP contribution in [0.25, 0.3) is 0 Å². The molecule has 3 heterocycles. The first-order chi connectivity index (χ1) is 11.7. The number of furan rings is 1. The van der Waals surface area contributed by atoms with E-state index in [0.717, 1.165) is 23.0 Å². The molecule has 0 bridgehead atoms. The summed E-state index contributed by atoms with van der Waals surface area (Å²) in [6.07, 6.45) is 3.62. The number of rotatable bonds is 3. The molecule has 1 aliphatic heterocycles. The lowest BCUT2D eigenvalue weighted by Crippen LogP contribution is -2.34. The molecule has 122 valence electrons. The van der Waals surface area contributed by atoms with Crippen LogP contribution < -0.4 is 0 Å². The molecule has 5 heteroatoms. The number of aromatic nitrogens is 2. The van der Waals surface area contributed by atoms with E-state index in [-0.39, 0.29) is 12.1 Å². The molecule has 1 aliphatic rings. The molecule has 0 radical (unpaired) electrons. The number of amidine groups is 1. The summed E-state index contributed by atoms with van der Waals surface area (Å²) < 4.78 is 7.59. The van der Waals surface area contributed by atoms with Gasteiger partial charge in [0.2, 0.25) is 0 Å². The van der Waals surface area contributed by atoms with Crippen LogP contribution in [-0.2, 0) is 0 Å². The lowest BCUT2D eigenvalue weighted by atomic mass is 9.97. The minimum Gasteiger partial charge on any atom is -0.461 e. The summed E-state index contributed by atoms with van der Waals surface area (Å²) in [5.74, 6) is 2.49. The summed E-state index contributed by atoms with van der Waals surface area (Å²) in [6.45, 7) is 4.23. The molecule has 2 aromatic heterocycles. The van der Waals surface area contributed by atoms with Gasteiger partial charge in [0, 0.05) is 18.7 Å². The fraction of sp³-hybridized carbons (Fsp3) is 0.263. The van der Waals surface area contributed by atoms with Gasteiger partial charge in [0.05, 0.1) is 18.5 Å². The maximum Gasteiger partial charge on any atom is 0.174 e. The second kappa shape index (κ2) is 5.67. The van der Waals surface area contributed by atoms with Crippen molar-refractivity contribution in [1.29, 1.82) is 0 Å². The van der Waals surface area contributed by atoms with Gasteiger partial charge in [0.1, 0.15) is 0 Å². The Balaban J connectivity index is 1.92. The summed E-state index contributed by atoms with van der Waals surface area (Å²) in [5, 5.41) is 4.58. The van der Waals surface area contributed by atoms with Crippen molar-refractivity contribution in [2.45, 2.75) is 25.9 Å². The molecule has 4 rings (SSSR count). The van der Waals surface area contributed by atoms with E-state index in [1.807, 2.05) is 29.1 Å². The highest BCUT2D eigenvalue weighted by Gasteiger charge is 2.33. The van der Waals surface area contributed by atoms with E-state index in [9.17, 15) is 0 Å². The van der Waals surface area contributed by atoms with Gasteiger partial charge in [0.25, 0.3) is 0 Å². The Kier molecular flexibility index (Phi) is 3.49.